The number of aryl methyl sites for hydroxylation is 1. The van der Waals surface area contributed by atoms with Crippen LogP contribution in [-0.4, -0.2) is 22.6 Å². The number of hydrogen-bond donors (Lipinski definition) is 2. The van der Waals surface area contributed by atoms with Crippen molar-refractivity contribution < 1.29 is 14.0 Å². The molecule has 5 nitrogen and oxygen atoms in total. The van der Waals surface area contributed by atoms with Crippen LogP contribution in [0, 0.1) is 12.7 Å². The van der Waals surface area contributed by atoms with Crippen LogP contribution in [0.5, 0.6) is 0 Å². The van der Waals surface area contributed by atoms with Crippen LogP contribution in [0.3, 0.4) is 0 Å². The number of carbonyl (C=O) groups is 2. The number of carbonyl (C=O) groups excluding carboxylic acids is 2. The zero-order valence-electron chi connectivity index (χ0n) is 14.4. The number of halogens is 1. The monoisotopic (exact) mass is 401 g/mol. The first-order valence-corrected chi connectivity index (χ1v) is 9.88. The van der Waals surface area contributed by atoms with Crippen molar-refractivity contribution in [3.05, 3.63) is 71.0 Å². The molecule has 0 saturated heterocycles. The lowest BCUT2D eigenvalue weighted by molar-refractivity contribution is -0.113. The Balaban J connectivity index is 1.58. The molecule has 0 aliphatic rings. The van der Waals surface area contributed by atoms with Crippen molar-refractivity contribution in [1.82, 2.24) is 4.98 Å². The average Bonchev–Trinajstić information content (AvgIpc) is 3.05. The molecule has 0 unspecified atom stereocenters. The molecule has 8 heteroatoms. The number of rotatable bonds is 6. The van der Waals surface area contributed by atoms with Crippen molar-refractivity contribution in [2.24, 2.45) is 0 Å². The van der Waals surface area contributed by atoms with Gasteiger partial charge in [-0.15, -0.1) is 23.1 Å². The molecule has 0 aliphatic heterocycles. The Morgan fingerprint density at radius 3 is 2.70 bits per heavy atom. The van der Waals surface area contributed by atoms with Gasteiger partial charge in [0.05, 0.1) is 17.0 Å². The smallest absolute Gasteiger partial charge is 0.258 e. The quantitative estimate of drug-likeness (QED) is 0.594. The fourth-order valence-corrected chi connectivity index (χ4v) is 3.68. The minimum Gasteiger partial charge on any atom is -0.322 e. The first-order chi connectivity index (χ1) is 13.0. The number of nitrogens with zero attached hydrogens (tertiary/aromatic N) is 1. The molecule has 2 aromatic carbocycles. The molecule has 2 N–H and O–H groups in total. The van der Waals surface area contributed by atoms with Crippen molar-refractivity contribution >= 4 is 45.7 Å². The molecule has 1 aromatic heterocycles. The van der Waals surface area contributed by atoms with Gasteiger partial charge in [-0.05, 0) is 37.3 Å². The highest BCUT2D eigenvalue weighted by Gasteiger charge is 2.11. The number of thioether (sulfide) groups is 1. The first-order valence-electron chi connectivity index (χ1n) is 8.02. The van der Waals surface area contributed by atoms with Gasteiger partial charge in [-0.3, -0.25) is 9.59 Å². The first kappa shape index (κ1) is 19.1. The van der Waals surface area contributed by atoms with Gasteiger partial charge in [0.1, 0.15) is 5.82 Å². The van der Waals surface area contributed by atoms with E-state index < -0.39 is 11.7 Å². The van der Waals surface area contributed by atoms with Crippen LogP contribution in [0.15, 0.2) is 58.8 Å². The van der Waals surface area contributed by atoms with Crippen molar-refractivity contribution in [3.8, 4) is 0 Å². The maximum atomic E-state index is 13.7. The summed E-state index contributed by atoms with van der Waals surface area (Å²) in [5.74, 6) is -1.04. The molecule has 2 amide bonds. The predicted octanol–water partition coefficient (Wildman–Crippen LogP) is 4.57. The summed E-state index contributed by atoms with van der Waals surface area (Å²) in [5.41, 5.74) is 1.37. The van der Waals surface area contributed by atoms with Gasteiger partial charge >= 0.3 is 0 Å². The van der Waals surface area contributed by atoms with Crippen LogP contribution in [0.2, 0.25) is 0 Å². The van der Waals surface area contributed by atoms with E-state index >= 15 is 0 Å². The molecule has 1 heterocycles. The van der Waals surface area contributed by atoms with Crippen LogP contribution < -0.4 is 10.6 Å². The van der Waals surface area contributed by atoms with Gasteiger partial charge in [-0.2, -0.15) is 0 Å². The maximum Gasteiger partial charge on any atom is 0.258 e. The molecular weight excluding hydrogens is 385 g/mol. The molecule has 0 radical (unpaired) electrons. The van der Waals surface area contributed by atoms with Crippen LogP contribution in [0.1, 0.15) is 16.1 Å². The van der Waals surface area contributed by atoms with E-state index in [0.717, 1.165) is 10.6 Å². The van der Waals surface area contributed by atoms with Crippen molar-refractivity contribution in [1.29, 1.82) is 0 Å². The van der Waals surface area contributed by atoms with E-state index in [9.17, 15) is 14.0 Å². The minimum atomic E-state index is -0.574. The van der Waals surface area contributed by atoms with Crippen LogP contribution >= 0.6 is 23.1 Å². The molecule has 0 saturated carbocycles. The molecule has 0 aliphatic carbocycles. The maximum absolute atomic E-state index is 13.7. The van der Waals surface area contributed by atoms with Crippen LogP contribution in [0.4, 0.5) is 15.2 Å². The number of hydrogen-bond acceptors (Lipinski definition) is 5. The standard InChI is InChI=1S/C19H16FN3O2S2/c1-12-10-27-19(21-12)23-17(24)11-26-14-6-4-5-13(9-14)22-18(25)15-7-2-3-8-16(15)20/h2-10H,11H2,1H3,(H,22,25)(H,21,23,24). The molecule has 0 atom stereocenters. The van der Waals surface area contributed by atoms with Gasteiger partial charge in [0.15, 0.2) is 5.13 Å². The van der Waals surface area contributed by atoms with E-state index in [1.165, 1.54) is 41.3 Å². The lowest BCUT2D eigenvalue weighted by Gasteiger charge is -2.08. The normalized spacial score (nSPS) is 10.4. The Bertz CT molecular complexity index is 975. The van der Waals surface area contributed by atoms with Crippen molar-refractivity contribution in [2.45, 2.75) is 11.8 Å². The number of anilines is 2. The molecule has 0 fully saturated rings. The minimum absolute atomic E-state index is 0.0197. The second-order valence-electron chi connectivity index (χ2n) is 5.59. The Kier molecular flexibility index (Phi) is 6.20. The highest BCUT2D eigenvalue weighted by atomic mass is 32.2. The summed E-state index contributed by atoms with van der Waals surface area (Å²) < 4.78 is 13.7. The van der Waals surface area contributed by atoms with Gasteiger partial charge in [0.2, 0.25) is 5.91 Å². The lowest BCUT2D eigenvalue weighted by atomic mass is 10.2. The molecule has 0 bridgehead atoms. The van der Waals surface area contributed by atoms with Crippen molar-refractivity contribution in [3.63, 3.8) is 0 Å². The van der Waals surface area contributed by atoms with E-state index in [0.29, 0.717) is 10.8 Å². The molecule has 27 heavy (non-hydrogen) atoms. The summed E-state index contributed by atoms with van der Waals surface area (Å²) in [4.78, 5) is 29.2. The molecule has 3 aromatic rings. The zero-order chi connectivity index (χ0) is 19.2. The van der Waals surface area contributed by atoms with Crippen LogP contribution in [-0.2, 0) is 4.79 Å². The topological polar surface area (TPSA) is 71.1 Å². The number of amides is 2. The highest BCUT2D eigenvalue weighted by Crippen LogP contribution is 2.23. The lowest BCUT2D eigenvalue weighted by Crippen LogP contribution is -2.14. The van der Waals surface area contributed by atoms with E-state index in [2.05, 4.69) is 15.6 Å². The largest absolute Gasteiger partial charge is 0.322 e. The second-order valence-corrected chi connectivity index (χ2v) is 7.50. The molecule has 0 spiro atoms. The van der Waals surface area contributed by atoms with Gasteiger partial charge in [0, 0.05) is 16.0 Å². The average molecular weight is 401 g/mol. The SMILES string of the molecule is Cc1csc(NC(=O)CSc2cccc(NC(=O)c3ccccc3F)c2)n1. The Hall–Kier alpha value is -2.71. The van der Waals surface area contributed by atoms with E-state index in [1.807, 2.05) is 18.4 Å². The number of aromatic nitrogens is 1. The second kappa shape index (κ2) is 8.79. The Morgan fingerprint density at radius 2 is 1.96 bits per heavy atom. The van der Waals surface area contributed by atoms with Gasteiger partial charge in [0.25, 0.3) is 5.91 Å². The summed E-state index contributed by atoms with van der Waals surface area (Å²) >= 11 is 2.71. The zero-order valence-corrected chi connectivity index (χ0v) is 16.0. The van der Waals surface area contributed by atoms with E-state index in [-0.39, 0.29) is 17.2 Å². The predicted molar refractivity (Wildman–Crippen MR) is 107 cm³/mol. The Morgan fingerprint density at radius 1 is 1.15 bits per heavy atom. The molecule has 138 valence electrons. The number of nitrogens with one attached hydrogen (secondary N) is 2. The van der Waals surface area contributed by atoms with E-state index in [1.54, 1.807) is 24.3 Å². The summed E-state index contributed by atoms with van der Waals surface area (Å²) in [6, 6.07) is 12.9. The summed E-state index contributed by atoms with van der Waals surface area (Å²) in [6.07, 6.45) is 0. The Labute approximate surface area is 164 Å². The summed E-state index contributed by atoms with van der Waals surface area (Å²) in [6.45, 7) is 1.86. The summed E-state index contributed by atoms with van der Waals surface area (Å²) in [7, 11) is 0. The van der Waals surface area contributed by atoms with Crippen LogP contribution in [0.25, 0.3) is 0 Å². The fourth-order valence-electron chi connectivity index (χ4n) is 2.22. The van der Waals surface area contributed by atoms with Gasteiger partial charge in [-0.1, -0.05) is 18.2 Å². The fraction of sp³-hybridized carbons (Fsp3) is 0.105. The highest BCUT2D eigenvalue weighted by molar-refractivity contribution is 8.00. The molecule has 3 rings (SSSR count). The summed E-state index contributed by atoms with van der Waals surface area (Å²) in [5, 5.41) is 7.85. The third-order valence-corrected chi connectivity index (χ3v) is 5.32. The van der Waals surface area contributed by atoms with Gasteiger partial charge < -0.3 is 10.6 Å². The third-order valence-electron chi connectivity index (χ3n) is 3.45. The van der Waals surface area contributed by atoms with Crippen molar-refractivity contribution in [2.75, 3.05) is 16.4 Å². The number of benzene rings is 2. The van der Waals surface area contributed by atoms with E-state index in [4.69, 9.17) is 0 Å². The molecular formula is C19H16FN3O2S2. The third kappa shape index (κ3) is 5.38. The number of thiazole rings is 1. The van der Waals surface area contributed by atoms with Gasteiger partial charge in [-0.25, -0.2) is 9.37 Å².